The molecular weight excluding hydrogens is 520 g/mol. The topological polar surface area (TPSA) is 90.5 Å². The molecule has 0 spiro atoms. The Balaban J connectivity index is 2.13. The van der Waals surface area contributed by atoms with Crippen LogP contribution in [-0.4, -0.2) is 35.6 Å². The van der Waals surface area contributed by atoms with E-state index in [1.807, 2.05) is 36.4 Å². The molecule has 2 amide bonds. The first-order valence-corrected chi connectivity index (χ1v) is 11.4. The van der Waals surface area contributed by atoms with E-state index in [0.717, 1.165) is 14.9 Å². The van der Waals surface area contributed by atoms with Crippen LogP contribution in [0.5, 0.6) is 0 Å². The molecule has 0 saturated heterocycles. The minimum absolute atomic E-state index is 0.224. The average molecular weight is 545 g/mol. The maximum absolute atomic E-state index is 14.5. The lowest BCUT2D eigenvalue weighted by molar-refractivity contribution is 0.0869. The van der Waals surface area contributed by atoms with Gasteiger partial charge in [-0.15, -0.1) is 11.3 Å². The summed E-state index contributed by atoms with van der Waals surface area (Å²) in [5, 5.41) is 18.7. The highest BCUT2D eigenvalue weighted by Gasteiger charge is 2.35. The summed E-state index contributed by atoms with van der Waals surface area (Å²) in [7, 11) is 0. The highest BCUT2D eigenvalue weighted by molar-refractivity contribution is 14.1. The van der Waals surface area contributed by atoms with E-state index >= 15 is 0 Å². The Hall–Kier alpha value is -1.72. The van der Waals surface area contributed by atoms with Crippen LogP contribution < -0.4 is 16.0 Å². The Kier molecular flexibility index (Phi) is 6.45. The van der Waals surface area contributed by atoms with E-state index in [4.69, 9.17) is 0 Å². The molecule has 0 aliphatic carbocycles. The van der Waals surface area contributed by atoms with Crippen LogP contribution in [0.3, 0.4) is 0 Å². The Morgan fingerprint density at radius 1 is 1.40 bits per heavy atom. The van der Waals surface area contributed by atoms with E-state index in [0.29, 0.717) is 34.0 Å². The number of amides is 2. The summed E-state index contributed by atoms with van der Waals surface area (Å²) in [5.41, 5.74) is 0.0792. The third kappa shape index (κ3) is 4.94. The average Bonchev–Trinajstić information content (AvgIpc) is 2.94. The largest absolute Gasteiger partial charge is 0.394 e. The number of aliphatic hydroxyl groups excluding tert-OH is 1. The number of nitrogens with one attached hydrogen (secondary N) is 3. The fraction of sp³-hybridized carbons (Fsp3) is 0.429. The first-order chi connectivity index (χ1) is 13.9. The SMILES string of the molecule is CC1(C)CNC(=O)c2sc(Nc3ccc(I)cc3F)c(C(=O)NC(C)(C)CO)c2C1. The monoisotopic (exact) mass is 545 g/mol. The molecule has 1 aromatic heterocycles. The normalized spacial score (nSPS) is 15.8. The van der Waals surface area contributed by atoms with Crippen molar-refractivity contribution in [3.05, 3.63) is 43.6 Å². The maximum Gasteiger partial charge on any atom is 0.261 e. The van der Waals surface area contributed by atoms with Gasteiger partial charge < -0.3 is 21.1 Å². The van der Waals surface area contributed by atoms with Crippen LogP contribution in [0.4, 0.5) is 15.1 Å². The number of anilines is 2. The van der Waals surface area contributed by atoms with E-state index in [2.05, 4.69) is 16.0 Å². The van der Waals surface area contributed by atoms with Gasteiger partial charge in [-0.25, -0.2) is 4.39 Å². The van der Waals surface area contributed by atoms with Crippen molar-refractivity contribution in [2.24, 2.45) is 5.41 Å². The van der Waals surface area contributed by atoms with Gasteiger partial charge in [0, 0.05) is 10.1 Å². The number of carbonyl (C=O) groups is 2. The van der Waals surface area contributed by atoms with Gasteiger partial charge in [0.2, 0.25) is 0 Å². The Morgan fingerprint density at radius 2 is 2.10 bits per heavy atom. The minimum atomic E-state index is -0.847. The quantitative estimate of drug-likeness (QED) is 0.427. The number of rotatable bonds is 5. The van der Waals surface area contributed by atoms with Crippen molar-refractivity contribution in [3.63, 3.8) is 0 Å². The van der Waals surface area contributed by atoms with Crippen LogP contribution in [0.1, 0.15) is 53.3 Å². The van der Waals surface area contributed by atoms with Crippen molar-refractivity contribution >= 4 is 56.4 Å². The molecule has 1 aliphatic heterocycles. The predicted molar refractivity (Wildman–Crippen MR) is 125 cm³/mol. The summed E-state index contributed by atoms with van der Waals surface area (Å²) < 4.78 is 15.2. The zero-order valence-corrected chi connectivity index (χ0v) is 20.3. The van der Waals surface area contributed by atoms with E-state index in [1.165, 1.54) is 6.07 Å². The van der Waals surface area contributed by atoms with Crippen LogP contribution in [-0.2, 0) is 6.42 Å². The molecule has 6 nitrogen and oxygen atoms in total. The van der Waals surface area contributed by atoms with Gasteiger partial charge in [0.15, 0.2) is 0 Å². The van der Waals surface area contributed by atoms with Crippen molar-refractivity contribution in [2.45, 2.75) is 39.7 Å². The van der Waals surface area contributed by atoms with Crippen molar-refractivity contribution in [3.8, 4) is 0 Å². The van der Waals surface area contributed by atoms with E-state index in [1.54, 1.807) is 26.0 Å². The smallest absolute Gasteiger partial charge is 0.261 e. The number of benzene rings is 1. The van der Waals surface area contributed by atoms with Gasteiger partial charge in [0.25, 0.3) is 11.8 Å². The zero-order chi connectivity index (χ0) is 22.3. The maximum atomic E-state index is 14.5. The number of aliphatic hydroxyl groups is 1. The van der Waals surface area contributed by atoms with Crippen LogP contribution >= 0.6 is 33.9 Å². The van der Waals surface area contributed by atoms with Gasteiger partial charge in [-0.2, -0.15) is 0 Å². The highest BCUT2D eigenvalue weighted by atomic mass is 127. The van der Waals surface area contributed by atoms with Gasteiger partial charge in [-0.3, -0.25) is 9.59 Å². The fourth-order valence-electron chi connectivity index (χ4n) is 3.21. The highest BCUT2D eigenvalue weighted by Crippen LogP contribution is 2.40. The van der Waals surface area contributed by atoms with E-state index in [9.17, 15) is 19.1 Å². The van der Waals surface area contributed by atoms with Gasteiger partial charge in [-0.1, -0.05) is 13.8 Å². The molecule has 4 N–H and O–H groups in total. The van der Waals surface area contributed by atoms with Crippen LogP contribution in [0, 0.1) is 14.8 Å². The summed E-state index contributed by atoms with van der Waals surface area (Å²) in [6, 6.07) is 4.76. The van der Waals surface area contributed by atoms with E-state index in [-0.39, 0.29) is 23.6 Å². The molecule has 9 heteroatoms. The molecule has 0 saturated carbocycles. The third-order valence-electron chi connectivity index (χ3n) is 4.85. The summed E-state index contributed by atoms with van der Waals surface area (Å²) in [6.45, 7) is 7.70. The Bertz CT molecular complexity index is 1000. The molecule has 0 atom stereocenters. The molecule has 0 bridgehead atoms. The molecule has 3 rings (SSSR count). The Morgan fingerprint density at radius 3 is 2.73 bits per heavy atom. The minimum Gasteiger partial charge on any atom is -0.394 e. The van der Waals surface area contributed by atoms with Crippen molar-refractivity contribution in [2.75, 3.05) is 18.5 Å². The number of carbonyl (C=O) groups excluding carboxylic acids is 2. The molecule has 0 fully saturated rings. The number of thiophene rings is 1. The summed E-state index contributed by atoms with van der Waals surface area (Å²) >= 11 is 3.16. The third-order valence-corrected chi connectivity index (χ3v) is 6.67. The van der Waals surface area contributed by atoms with Gasteiger partial charge >= 0.3 is 0 Å². The van der Waals surface area contributed by atoms with Crippen LogP contribution in [0.2, 0.25) is 0 Å². The van der Waals surface area contributed by atoms with Crippen molar-refractivity contribution in [1.82, 2.24) is 10.6 Å². The second kappa shape index (κ2) is 8.43. The van der Waals surface area contributed by atoms with Gasteiger partial charge in [0.1, 0.15) is 10.8 Å². The van der Waals surface area contributed by atoms with Crippen LogP contribution in [0.25, 0.3) is 0 Å². The molecule has 1 aromatic carbocycles. The number of halogens is 2. The van der Waals surface area contributed by atoms with Crippen LogP contribution in [0.15, 0.2) is 18.2 Å². The van der Waals surface area contributed by atoms with E-state index < -0.39 is 17.3 Å². The first-order valence-electron chi connectivity index (χ1n) is 9.52. The molecule has 2 heterocycles. The first kappa shape index (κ1) is 23.0. The lowest BCUT2D eigenvalue weighted by Crippen LogP contribution is -2.46. The molecule has 1 aliphatic rings. The van der Waals surface area contributed by atoms with Crippen molar-refractivity contribution < 1.29 is 19.1 Å². The molecular formula is C21H25FIN3O3S. The van der Waals surface area contributed by atoms with Gasteiger partial charge in [-0.05, 0) is 72.0 Å². The molecule has 2 aromatic rings. The summed E-state index contributed by atoms with van der Waals surface area (Å²) in [4.78, 5) is 26.4. The number of hydrogen-bond donors (Lipinski definition) is 4. The molecule has 0 radical (unpaired) electrons. The number of fused-ring (bicyclic) bond motifs is 1. The number of hydrogen-bond acceptors (Lipinski definition) is 5. The van der Waals surface area contributed by atoms with Crippen molar-refractivity contribution in [1.29, 1.82) is 0 Å². The summed E-state index contributed by atoms with van der Waals surface area (Å²) in [5.74, 6) is -1.10. The lowest BCUT2D eigenvalue weighted by atomic mass is 9.85. The van der Waals surface area contributed by atoms with Gasteiger partial charge in [0.05, 0.1) is 28.3 Å². The Labute approximate surface area is 192 Å². The lowest BCUT2D eigenvalue weighted by Gasteiger charge is -2.25. The molecule has 30 heavy (non-hydrogen) atoms. The molecule has 162 valence electrons. The standard InChI is InChI=1S/C21H25FIN3O3S/c1-20(2)8-12-15(17(28)26-21(3,4)10-27)19(30-16(12)18(29)24-9-20)25-14-6-5-11(23)7-13(14)22/h5-7,25,27H,8-10H2,1-4H3,(H,24,29)(H,26,28). The fourth-order valence-corrected chi connectivity index (χ4v) is 4.81. The zero-order valence-electron chi connectivity index (χ0n) is 17.3. The predicted octanol–water partition coefficient (Wildman–Crippen LogP) is 4.05. The second-order valence-corrected chi connectivity index (χ2v) is 11.1. The summed E-state index contributed by atoms with van der Waals surface area (Å²) in [6.07, 6.45) is 0.511. The molecule has 0 unspecified atom stereocenters. The second-order valence-electron chi connectivity index (χ2n) is 8.88.